The van der Waals surface area contributed by atoms with E-state index in [1.165, 1.54) is 24.1 Å². The number of rotatable bonds is 1. The van der Waals surface area contributed by atoms with Gasteiger partial charge in [0.2, 0.25) is 0 Å². The Morgan fingerprint density at radius 1 is 1.17 bits per heavy atom. The first-order chi connectivity index (χ1) is 10.6. The van der Waals surface area contributed by atoms with Crippen molar-refractivity contribution in [3.63, 3.8) is 0 Å². The van der Waals surface area contributed by atoms with Crippen molar-refractivity contribution >= 4 is 12.1 Å². The molecular weight excluding hydrogens is 302 g/mol. The predicted molar refractivity (Wildman–Crippen MR) is 81.1 cm³/mol. The van der Waals surface area contributed by atoms with Crippen LogP contribution in [-0.2, 0) is 27.2 Å². The van der Waals surface area contributed by atoms with Gasteiger partial charge in [0, 0.05) is 6.42 Å². The van der Waals surface area contributed by atoms with Crippen LogP contribution in [0.4, 0.5) is 4.79 Å². The molecule has 7 nitrogen and oxygen atoms in total. The molecule has 2 N–H and O–H groups in total. The summed E-state index contributed by atoms with van der Waals surface area (Å²) in [5.41, 5.74) is 0.622. The van der Waals surface area contributed by atoms with Gasteiger partial charge in [-0.15, -0.1) is 0 Å². The Labute approximate surface area is 134 Å². The van der Waals surface area contributed by atoms with Crippen molar-refractivity contribution in [2.75, 3.05) is 7.11 Å². The molecule has 1 atom stereocenters. The average molecular weight is 323 g/mol. The monoisotopic (exact) mass is 323 g/mol. The number of fused-ring (bicyclic) bond motifs is 1. The van der Waals surface area contributed by atoms with Crippen LogP contribution in [0.2, 0.25) is 0 Å². The van der Waals surface area contributed by atoms with Gasteiger partial charge in [-0.1, -0.05) is 0 Å². The van der Waals surface area contributed by atoms with Crippen LogP contribution < -0.4 is 0 Å². The largest absolute Gasteiger partial charge is 0.504 e. The number of hydrogen-bond donors (Lipinski definition) is 2. The molecule has 1 heterocycles. The molecule has 1 unspecified atom stereocenters. The van der Waals surface area contributed by atoms with Crippen molar-refractivity contribution in [2.45, 2.75) is 45.4 Å². The molecule has 0 fully saturated rings. The summed E-state index contributed by atoms with van der Waals surface area (Å²) in [7, 11) is 1.25. The van der Waals surface area contributed by atoms with Crippen molar-refractivity contribution in [3.8, 4) is 11.5 Å². The minimum Gasteiger partial charge on any atom is -0.504 e. The highest BCUT2D eigenvalue weighted by atomic mass is 16.6. The zero-order valence-corrected chi connectivity index (χ0v) is 13.6. The summed E-state index contributed by atoms with van der Waals surface area (Å²) >= 11 is 0. The summed E-state index contributed by atoms with van der Waals surface area (Å²) < 4.78 is 10.1. The molecule has 1 aliphatic rings. The van der Waals surface area contributed by atoms with E-state index in [0.29, 0.717) is 11.1 Å². The van der Waals surface area contributed by atoms with Gasteiger partial charge in [0.1, 0.15) is 11.6 Å². The van der Waals surface area contributed by atoms with E-state index < -0.39 is 23.7 Å². The number of aromatic hydroxyl groups is 2. The fourth-order valence-corrected chi connectivity index (χ4v) is 2.47. The molecular formula is C16H21NO6. The number of nitrogens with zero attached hydrogens (tertiary/aromatic N) is 1. The summed E-state index contributed by atoms with van der Waals surface area (Å²) in [4.78, 5) is 25.7. The van der Waals surface area contributed by atoms with Crippen molar-refractivity contribution in [1.82, 2.24) is 4.90 Å². The van der Waals surface area contributed by atoms with Crippen LogP contribution in [0.5, 0.6) is 11.5 Å². The molecule has 0 spiro atoms. The zero-order valence-electron chi connectivity index (χ0n) is 13.6. The molecule has 7 heteroatoms. The van der Waals surface area contributed by atoms with Crippen molar-refractivity contribution < 1.29 is 29.3 Å². The summed E-state index contributed by atoms with van der Waals surface area (Å²) in [6.07, 6.45) is -0.458. The minimum atomic E-state index is -0.841. The van der Waals surface area contributed by atoms with E-state index in [4.69, 9.17) is 9.47 Å². The molecule has 0 saturated heterocycles. The summed E-state index contributed by atoms with van der Waals surface area (Å²) in [6.45, 7) is 5.29. The third-order valence-corrected chi connectivity index (χ3v) is 3.53. The van der Waals surface area contributed by atoms with E-state index in [9.17, 15) is 19.8 Å². The highest BCUT2D eigenvalue weighted by Gasteiger charge is 2.38. The van der Waals surface area contributed by atoms with E-state index in [1.54, 1.807) is 20.8 Å². The topological polar surface area (TPSA) is 96.3 Å². The third-order valence-electron chi connectivity index (χ3n) is 3.53. The maximum absolute atomic E-state index is 12.4. The second-order valence-electron chi connectivity index (χ2n) is 6.46. The number of carbonyl (C=O) groups excluding carboxylic acids is 2. The van der Waals surface area contributed by atoms with Crippen LogP contribution in [0.1, 0.15) is 31.9 Å². The molecule has 0 bridgehead atoms. The number of phenolic OH excluding ortho intramolecular Hbond substituents is 2. The van der Waals surface area contributed by atoms with E-state index in [0.717, 1.165) is 0 Å². The average Bonchev–Trinajstić information content (AvgIpc) is 2.44. The van der Waals surface area contributed by atoms with Crippen LogP contribution >= 0.6 is 0 Å². The van der Waals surface area contributed by atoms with Crippen LogP contribution in [0.15, 0.2) is 12.1 Å². The molecule has 1 aromatic rings. The second-order valence-corrected chi connectivity index (χ2v) is 6.46. The van der Waals surface area contributed by atoms with Gasteiger partial charge in [0.05, 0.1) is 13.7 Å². The SMILES string of the molecule is COC(=O)C1Cc2cc(O)c(O)cc2CN1C(=O)OC(C)(C)C. The summed E-state index contributed by atoms with van der Waals surface area (Å²) in [5, 5.41) is 19.2. The minimum absolute atomic E-state index is 0.0812. The van der Waals surface area contributed by atoms with Gasteiger partial charge < -0.3 is 19.7 Å². The van der Waals surface area contributed by atoms with Gasteiger partial charge in [0.15, 0.2) is 11.5 Å². The Hall–Kier alpha value is -2.44. The third kappa shape index (κ3) is 3.67. The van der Waals surface area contributed by atoms with Gasteiger partial charge in [-0.2, -0.15) is 0 Å². The van der Waals surface area contributed by atoms with Crippen LogP contribution in [0.25, 0.3) is 0 Å². The van der Waals surface area contributed by atoms with Gasteiger partial charge in [0.25, 0.3) is 0 Å². The molecule has 2 rings (SSSR count). The highest BCUT2D eigenvalue weighted by Crippen LogP contribution is 2.34. The Bertz CT molecular complexity index is 634. The number of ether oxygens (including phenoxy) is 2. The lowest BCUT2D eigenvalue weighted by molar-refractivity contribution is -0.147. The van der Waals surface area contributed by atoms with Crippen molar-refractivity contribution in [1.29, 1.82) is 0 Å². The standard InChI is InChI=1S/C16H21NO6/c1-16(2,3)23-15(21)17-8-10-7-13(19)12(18)6-9(10)5-11(17)14(20)22-4/h6-7,11,18-19H,5,8H2,1-4H3. The second kappa shape index (κ2) is 5.98. The summed E-state index contributed by atoms with van der Waals surface area (Å²) in [6, 6.07) is 1.94. The van der Waals surface area contributed by atoms with Gasteiger partial charge in [-0.3, -0.25) is 4.90 Å². The fourth-order valence-electron chi connectivity index (χ4n) is 2.47. The first kappa shape index (κ1) is 16.9. The Balaban J connectivity index is 2.36. The predicted octanol–water partition coefficient (Wildman–Crippen LogP) is 1.93. The maximum Gasteiger partial charge on any atom is 0.411 e. The van der Waals surface area contributed by atoms with Crippen LogP contribution in [0.3, 0.4) is 0 Å². The Morgan fingerprint density at radius 2 is 1.74 bits per heavy atom. The fraction of sp³-hybridized carbons (Fsp3) is 0.500. The van der Waals surface area contributed by atoms with Gasteiger partial charge in [-0.05, 0) is 44.0 Å². The smallest absolute Gasteiger partial charge is 0.411 e. The van der Waals surface area contributed by atoms with E-state index >= 15 is 0 Å². The lowest BCUT2D eigenvalue weighted by atomic mass is 9.93. The normalized spacial score (nSPS) is 17.4. The quantitative estimate of drug-likeness (QED) is 0.605. The van der Waals surface area contributed by atoms with Crippen LogP contribution in [0, 0.1) is 0 Å². The van der Waals surface area contributed by atoms with E-state index in [1.807, 2.05) is 0 Å². The number of amides is 1. The molecule has 0 aromatic heterocycles. The van der Waals surface area contributed by atoms with Crippen molar-refractivity contribution in [3.05, 3.63) is 23.3 Å². The maximum atomic E-state index is 12.4. The molecule has 0 aliphatic carbocycles. The number of phenols is 2. The number of methoxy groups -OCH3 is 1. The first-order valence-electron chi connectivity index (χ1n) is 7.23. The lowest BCUT2D eigenvalue weighted by Crippen LogP contribution is -2.50. The van der Waals surface area contributed by atoms with Gasteiger partial charge >= 0.3 is 12.1 Å². The number of carbonyl (C=O) groups is 2. The number of esters is 1. The highest BCUT2D eigenvalue weighted by molar-refractivity contribution is 5.82. The molecule has 0 saturated carbocycles. The van der Waals surface area contributed by atoms with Crippen molar-refractivity contribution in [2.24, 2.45) is 0 Å². The lowest BCUT2D eigenvalue weighted by Gasteiger charge is -2.36. The number of hydrogen-bond acceptors (Lipinski definition) is 6. The van der Waals surface area contributed by atoms with E-state index in [2.05, 4.69) is 0 Å². The molecule has 1 amide bonds. The van der Waals surface area contributed by atoms with Crippen LogP contribution in [-0.4, -0.2) is 45.9 Å². The molecule has 0 radical (unpaired) electrons. The molecule has 126 valence electrons. The van der Waals surface area contributed by atoms with Gasteiger partial charge in [-0.25, -0.2) is 9.59 Å². The Kier molecular flexibility index (Phi) is 4.40. The van der Waals surface area contributed by atoms with E-state index in [-0.39, 0.29) is 24.5 Å². The molecule has 1 aromatic carbocycles. The summed E-state index contributed by atoms with van der Waals surface area (Å²) in [5.74, 6) is -1.10. The zero-order chi connectivity index (χ0) is 17.4. The number of benzene rings is 1. The Morgan fingerprint density at radius 3 is 2.26 bits per heavy atom. The first-order valence-corrected chi connectivity index (χ1v) is 7.23. The molecule has 23 heavy (non-hydrogen) atoms. The molecule has 1 aliphatic heterocycles.